The van der Waals surface area contributed by atoms with Crippen molar-refractivity contribution in [1.29, 1.82) is 0 Å². The van der Waals surface area contributed by atoms with E-state index in [1.54, 1.807) is 28.0 Å². The molecule has 2 fully saturated rings. The third-order valence-electron chi connectivity index (χ3n) is 10.2. The Labute approximate surface area is 303 Å². The topological polar surface area (TPSA) is 102 Å². The SMILES string of the molecule is CCC(C)n1ncn(-c2ccc(N3CCN(c4ccc(OCC5COC(CN6CC=CC=N6)(c6cccc7ncccc67)O5)cc4)CC3)cc2)c1=O. The van der Waals surface area contributed by atoms with Gasteiger partial charge in [-0.25, -0.2) is 14.0 Å². The van der Waals surface area contributed by atoms with Gasteiger partial charge in [0.25, 0.3) is 0 Å². The van der Waals surface area contributed by atoms with Crippen molar-refractivity contribution in [2.75, 3.05) is 62.3 Å². The average Bonchev–Trinajstić information content (AvgIpc) is 3.80. The van der Waals surface area contributed by atoms with E-state index < -0.39 is 5.79 Å². The highest BCUT2D eigenvalue weighted by atomic mass is 16.8. The Hall–Kier alpha value is -5.46. The number of anilines is 2. The van der Waals surface area contributed by atoms with Gasteiger partial charge < -0.3 is 24.0 Å². The summed E-state index contributed by atoms with van der Waals surface area (Å²) in [6.45, 7) is 9.55. The maximum absolute atomic E-state index is 12.8. The highest BCUT2D eigenvalue weighted by molar-refractivity contribution is 5.82. The van der Waals surface area contributed by atoms with Crippen molar-refractivity contribution in [1.82, 2.24) is 24.3 Å². The van der Waals surface area contributed by atoms with Crippen LogP contribution in [0.5, 0.6) is 5.75 Å². The number of rotatable bonds is 11. The number of hydrogen-bond donors (Lipinski definition) is 0. The molecule has 3 aliphatic rings. The lowest BCUT2D eigenvalue weighted by atomic mass is 9.99. The highest BCUT2D eigenvalue weighted by Gasteiger charge is 2.46. The number of fused-ring (bicyclic) bond motifs is 1. The summed E-state index contributed by atoms with van der Waals surface area (Å²) in [4.78, 5) is 22.2. The van der Waals surface area contributed by atoms with Crippen LogP contribution < -0.4 is 20.2 Å². The molecular formula is C40H44N8O4. The number of benzene rings is 3. The van der Waals surface area contributed by atoms with Crippen LogP contribution in [0.15, 0.2) is 113 Å². The van der Waals surface area contributed by atoms with Crippen molar-refractivity contribution < 1.29 is 14.2 Å². The van der Waals surface area contributed by atoms with Crippen molar-refractivity contribution in [3.05, 3.63) is 120 Å². The van der Waals surface area contributed by atoms with Crippen molar-refractivity contribution in [2.45, 2.75) is 38.2 Å². The third-order valence-corrected chi connectivity index (χ3v) is 10.2. The van der Waals surface area contributed by atoms with Crippen LogP contribution in [0, 0.1) is 0 Å². The van der Waals surface area contributed by atoms with E-state index in [0.29, 0.717) is 26.3 Å². The maximum atomic E-state index is 12.8. The van der Waals surface area contributed by atoms with Crippen LogP contribution in [0.1, 0.15) is 31.9 Å². The predicted molar refractivity (Wildman–Crippen MR) is 203 cm³/mol. The minimum atomic E-state index is -1.01. The minimum Gasteiger partial charge on any atom is -0.491 e. The van der Waals surface area contributed by atoms with Crippen LogP contribution in [-0.4, -0.2) is 89.1 Å². The molecular weight excluding hydrogens is 656 g/mol. The van der Waals surface area contributed by atoms with Gasteiger partial charge in [0.1, 0.15) is 24.8 Å². The molecule has 0 N–H and O–H groups in total. The molecule has 0 saturated carbocycles. The summed E-state index contributed by atoms with van der Waals surface area (Å²) in [6.07, 6.45) is 9.80. The fraction of sp³-hybridized carbons (Fsp3) is 0.350. The Morgan fingerprint density at radius 2 is 1.65 bits per heavy atom. The van der Waals surface area contributed by atoms with E-state index in [0.717, 1.165) is 66.2 Å². The van der Waals surface area contributed by atoms with Crippen LogP contribution in [-0.2, 0) is 15.3 Å². The van der Waals surface area contributed by atoms with E-state index in [2.05, 4.69) is 74.4 Å². The van der Waals surface area contributed by atoms with Crippen LogP contribution in [0.25, 0.3) is 16.6 Å². The number of hydrazone groups is 1. The Morgan fingerprint density at radius 3 is 2.37 bits per heavy atom. The molecule has 3 aliphatic heterocycles. The summed E-state index contributed by atoms with van der Waals surface area (Å²) < 4.78 is 22.7. The zero-order valence-electron chi connectivity index (χ0n) is 29.6. The number of ether oxygens (including phenoxy) is 3. The first-order valence-electron chi connectivity index (χ1n) is 18.1. The maximum Gasteiger partial charge on any atom is 0.350 e. The van der Waals surface area contributed by atoms with Gasteiger partial charge in [0.15, 0.2) is 0 Å². The molecule has 12 nitrogen and oxygen atoms in total. The van der Waals surface area contributed by atoms with E-state index in [1.165, 1.54) is 5.69 Å². The van der Waals surface area contributed by atoms with Gasteiger partial charge in [-0.3, -0.25) is 9.99 Å². The van der Waals surface area contributed by atoms with Gasteiger partial charge in [-0.05, 0) is 80.1 Å². The molecule has 268 valence electrons. The van der Waals surface area contributed by atoms with Gasteiger partial charge in [-0.1, -0.05) is 31.2 Å². The van der Waals surface area contributed by atoms with Gasteiger partial charge >= 0.3 is 5.69 Å². The van der Waals surface area contributed by atoms with Crippen molar-refractivity contribution in [3.63, 3.8) is 0 Å². The molecule has 3 unspecified atom stereocenters. The van der Waals surface area contributed by atoms with Crippen molar-refractivity contribution in [3.8, 4) is 11.4 Å². The van der Waals surface area contributed by atoms with E-state index in [4.69, 9.17) is 14.2 Å². The van der Waals surface area contributed by atoms with Gasteiger partial charge in [-0.2, -0.15) is 10.2 Å². The predicted octanol–water partition coefficient (Wildman–Crippen LogP) is 5.38. The van der Waals surface area contributed by atoms with Crippen LogP contribution in [0.2, 0.25) is 0 Å². The fourth-order valence-corrected chi connectivity index (χ4v) is 7.12. The number of aromatic nitrogens is 4. The number of piperazine rings is 1. The molecule has 52 heavy (non-hydrogen) atoms. The summed E-state index contributed by atoms with van der Waals surface area (Å²) in [5.41, 5.74) is 4.86. The molecule has 0 aliphatic carbocycles. The second-order valence-corrected chi connectivity index (χ2v) is 13.5. The molecule has 0 amide bonds. The second kappa shape index (κ2) is 14.6. The first kappa shape index (κ1) is 33.7. The molecule has 8 rings (SSSR count). The zero-order valence-corrected chi connectivity index (χ0v) is 29.6. The zero-order chi connectivity index (χ0) is 35.5. The second-order valence-electron chi connectivity index (χ2n) is 13.5. The standard InChI is InChI=1S/C40H44N8O4/c1-3-30(2)48-39(49)47(29-43-48)33-13-11-31(12-14-33)44-22-24-45(25-23-44)32-15-17-34(18-16-32)50-26-35-27-51-40(52-35,28-46-21-5-4-20-42-46)37-9-6-10-38-36(37)8-7-19-41-38/h4-20,29-30,35H,3,21-28H2,1-2H3. The van der Waals surface area contributed by atoms with Crippen molar-refractivity contribution in [2.24, 2.45) is 5.10 Å². The number of hydrogen-bond acceptors (Lipinski definition) is 10. The normalized spacial score (nSPS) is 20.9. The largest absolute Gasteiger partial charge is 0.491 e. The lowest BCUT2D eigenvalue weighted by Gasteiger charge is -2.37. The summed E-state index contributed by atoms with van der Waals surface area (Å²) in [5.74, 6) is -0.221. The Balaban J connectivity index is 0.867. The summed E-state index contributed by atoms with van der Waals surface area (Å²) in [5, 5.41) is 11.8. The molecule has 3 atom stereocenters. The first-order chi connectivity index (χ1) is 25.5. The molecule has 0 bridgehead atoms. The summed E-state index contributed by atoms with van der Waals surface area (Å²) in [6, 6.07) is 26.6. The fourth-order valence-electron chi connectivity index (χ4n) is 7.12. The van der Waals surface area contributed by atoms with E-state index in [-0.39, 0.29) is 17.8 Å². The molecule has 2 saturated heterocycles. The monoisotopic (exact) mass is 700 g/mol. The lowest BCUT2D eigenvalue weighted by molar-refractivity contribution is -0.190. The number of allylic oxidation sites excluding steroid dienone is 1. The smallest absolute Gasteiger partial charge is 0.350 e. The molecule has 5 heterocycles. The van der Waals surface area contributed by atoms with Gasteiger partial charge in [0.2, 0.25) is 5.79 Å². The van der Waals surface area contributed by atoms with Crippen LogP contribution in [0.3, 0.4) is 0 Å². The van der Waals surface area contributed by atoms with Crippen LogP contribution in [0.4, 0.5) is 11.4 Å². The Morgan fingerprint density at radius 1 is 0.923 bits per heavy atom. The minimum absolute atomic E-state index is 0.0691. The lowest BCUT2D eigenvalue weighted by Crippen LogP contribution is -2.46. The molecule has 0 radical (unpaired) electrons. The summed E-state index contributed by atoms with van der Waals surface area (Å²) >= 11 is 0. The van der Waals surface area contributed by atoms with E-state index in [9.17, 15) is 4.79 Å². The van der Waals surface area contributed by atoms with Crippen molar-refractivity contribution >= 4 is 28.5 Å². The Bertz CT molecular complexity index is 2100. The van der Waals surface area contributed by atoms with Gasteiger partial charge in [0, 0.05) is 60.9 Å². The van der Waals surface area contributed by atoms with E-state index >= 15 is 0 Å². The average molecular weight is 701 g/mol. The highest BCUT2D eigenvalue weighted by Crippen LogP contribution is 2.39. The van der Waals surface area contributed by atoms with Crippen LogP contribution >= 0.6 is 0 Å². The summed E-state index contributed by atoms with van der Waals surface area (Å²) in [7, 11) is 0. The molecule has 3 aromatic carbocycles. The van der Waals surface area contributed by atoms with E-state index in [1.807, 2.05) is 60.5 Å². The first-order valence-corrected chi connectivity index (χ1v) is 18.1. The molecule has 2 aromatic heterocycles. The number of pyridine rings is 1. The quantitative estimate of drug-likeness (QED) is 0.180. The third kappa shape index (κ3) is 6.79. The van der Waals surface area contributed by atoms with Gasteiger partial charge in [-0.15, -0.1) is 0 Å². The van der Waals surface area contributed by atoms with Gasteiger partial charge in [0.05, 0.1) is 36.9 Å². The number of nitrogens with zero attached hydrogens (tertiary/aromatic N) is 8. The Kier molecular flexibility index (Phi) is 9.48. The molecule has 0 spiro atoms. The molecule has 12 heteroatoms. The molecule has 5 aromatic rings.